The number of aromatic nitrogens is 4. The molecule has 0 bridgehead atoms. The molecule has 1 fully saturated rings. The second-order valence-corrected chi connectivity index (χ2v) is 7.55. The zero-order chi connectivity index (χ0) is 21.2. The highest BCUT2D eigenvalue weighted by atomic mass is 16.2. The van der Waals surface area contributed by atoms with E-state index in [0.29, 0.717) is 5.95 Å². The van der Waals surface area contributed by atoms with Crippen molar-refractivity contribution in [2.45, 2.75) is 6.92 Å². The van der Waals surface area contributed by atoms with Crippen LogP contribution >= 0.6 is 0 Å². The van der Waals surface area contributed by atoms with Gasteiger partial charge in [0.25, 0.3) is 0 Å². The van der Waals surface area contributed by atoms with E-state index in [0.717, 1.165) is 59.8 Å². The summed E-state index contributed by atoms with van der Waals surface area (Å²) in [4.78, 5) is 25.2. The van der Waals surface area contributed by atoms with Crippen LogP contribution in [0.2, 0.25) is 0 Å². The SMILES string of the molecule is CC(=O)N1CCN(c2cccc(Nc3nc(-c4ccn[nH]4)c4ccccc4n3)c2)CC1. The second-order valence-electron chi connectivity index (χ2n) is 7.55. The highest BCUT2D eigenvalue weighted by molar-refractivity contribution is 5.92. The van der Waals surface area contributed by atoms with Crippen molar-refractivity contribution in [3.8, 4) is 11.4 Å². The molecule has 1 aliphatic heterocycles. The Bertz CT molecular complexity index is 1210. The Labute approximate surface area is 179 Å². The van der Waals surface area contributed by atoms with E-state index in [9.17, 15) is 4.79 Å². The number of nitrogens with zero attached hydrogens (tertiary/aromatic N) is 5. The van der Waals surface area contributed by atoms with Crippen LogP contribution in [-0.4, -0.2) is 57.2 Å². The van der Waals surface area contributed by atoms with Crippen molar-refractivity contribution in [3.63, 3.8) is 0 Å². The average Bonchev–Trinajstić information content (AvgIpc) is 3.34. The molecule has 2 N–H and O–H groups in total. The summed E-state index contributed by atoms with van der Waals surface area (Å²) < 4.78 is 0. The molecule has 0 spiro atoms. The normalized spacial score (nSPS) is 14.1. The van der Waals surface area contributed by atoms with Gasteiger partial charge in [0.15, 0.2) is 0 Å². The quantitative estimate of drug-likeness (QED) is 0.533. The molecule has 1 aliphatic rings. The van der Waals surface area contributed by atoms with Crippen LogP contribution in [0, 0.1) is 0 Å². The number of H-pyrrole nitrogens is 1. The van der Waals surface area contributed by atoms with Crippen LogP contribution in [0.1, 0.15) is 6.92 Å². The Morgan fingerprint density at radius 1 is 1.00 bits per heavy atom. The molecule has 0 saturated carbocycles. The van der Waals surface area contributed by atoms with Crippen LogP contribution < -0.4 is 10.2 Å². The lowest BCUT2D eigenvalue weighted by Crippen LogP contribution is -2.48. The maximum absolute atomic E-state index is 11.6. The number of nitrogens with one attached hydrogen (secondary N) is 2. The summed E-state index contributed by atoms with van der Waals surface area (Å²) in [5.41, 5.74) is 4.54. The van der Waals surface area contributed by atoms with Crippen LogP contribution in [0.25, 0.3) is 22.3 Å². The lowest BCUT2D eigenvalue weighted by atomic mass is 10.1. The van der Waals surface area contributed by atoms with E-state index < -0.39 is 0 Å². The van der Waals surface area contributed by atoms with E-state index in [1.165, 1.54) is 0 Å². The molecule has 156 valence electrons. The first-order chi connectivity index (χ1) is 15.2. The molecule has 0 radical (unpaired) electrons. The first kappa shape index (κ1) is 19.0. The van der Waals surface area contributed by atoms with Gasteiger partial charge in [0.05, 0.1) is 11.2 Å². The molecule has 3 heterocycles. The van der Waals surface area contributed by atoms with E-state index >= 15 is 0 Å². The third-order valence-electron chi connectivity index (χ3n) is 5.55. The fourth-order valence-electron chi connectivity index (χ4n) is 3.91. The summed E-state index contributed by atoms with van der Waals surface area (Å²) in [5.74, 6) is 0.665. The summed E-state index contributed by atoms with van der Waals surface area (Å²) in [6, 6.07) is 18.0. The minimum absolute atomic E-state index is 0.136. The molecule has 0 aliphatic carbocycles. The Balaban J connectivity index is 1.42. The van der Waals surface area contributed by atoms with E-state index in [1.54, 1.807) is 13.1 Å². The standard InChI is InChI=1S/C23H23N7O/c1-16(31)29-11-13-30(14-12-29)18-6-4-5-17(15-18)25-23-26-20-8-3-2-7-19(20)22(27-23)21-9-10-24-28-21/h2-10,15H,11-14H2,1H3,(H,24,28)(H,25,26,27). The lowest BCUT2D eigenvalue weighted by molar-refractivity contribution is -0.129. The number of carbonyl (C=O) groups is 1. The molecular formula is C23H23N7O. The third kappa shape index (κ3) is 3.92. The van der Waals surface area contributed by atoms with Gasteiger partial charge in [-0.15, -0.1) is 0 Å². The molecule has 2 aromatic carbocycles. The number of amides is 1. The third-order valence-corrected chi connectivity index (χ3v) is 5.55. The van der Waals surface area contributed by atoms with Gasteiger partial charge in [0.1, 0.15) is 5.69 Å². The molecule has 2 aromatic heterocycles. The van der Waals surface area contributed by atoms with Crippen molar-refractivity contribution in [1.29, 1.82) is 0 Å². The summed E-state index contributed by atoms with van der Waals surface area (Å²) in [6.45, 7) is 4.75. The van der Waals surface area contributed by atoms with Crippen LogP contribution in [0.3, 0.4) is 0 Å². The number of carbonyl (C=O) groups excluding carboxylic acids is 1. The van der Waals surface area contributed by atoms with Crippen molar-refractivity contribution in [3.05, 3.63) is 60.8 Å². The average molecular weight is 413 g/mol. The van der Waals surface area contributed by atoms with Crippen LogP contribution in [-0.2, 0) is 4.79 Å². The molecule has 8 nitrogen and oxygen atoms in total. The smallest absolute Gasteiger partial charge is 0.228 e. The number of rotatable bonds is 4. The minimum atomic E-state index is 0.136. The maximum atomic E-state index is 11.6. The Morgan fingerprint density at radius 2 is 1.84 bits per heavy atom. The van der Waals surface area contributed by atoms with Crippen LogP contribution in [0.15, 0.2) is 60.8 Å². The highest BCUT2D eigenvalue weighted by Crippen LogP contribution is 2.28. The van der Waals surface area contributed by atoms with Gasteiger partial charge in [0.2, 0.25) is 11.9 Å². The van der Waals surface area contributed by atoms with E-state index in [-0.39, 0.29) is 5.91 Å². The Hall–Kier alpha value is -3.94. The Kier molecular flexibility index (Phi) is 4.95. The number of para-hydroxylation sites is 1. The Morgan fingerprint density at radius 3 is 2.61 bits per heavy atom. The predicted molar refractivity (Wildman–Crippen MR) is 121 cm³/mol. The minimum Gasteiger partial charge on any atom is -0.368 e. The maximum Gasteiger partial charge on any atom is 0.228 e. The highest BCUT2D eigenvalue weighted by Gasteiger charge is 2.19. The van der Waals surface area contributed by atoms with Gasteiger partial charge < -0.3 is 15.1 Å². The topological polar surface area (TPSA) is 90.0 Å². The van der Waals surface area contributed by atoms with Gasteiger partial charge in [-0.25, -0.2) is 9.97 Å². The predicted octanol–water partition coefficient (Wildman–Crippen LogP) is 3.43. The van der Waals surface area contributed by atoms with Gasteiger partial charge in [-0.05, 0) is 30.3 Å². The van der Waals surface area contributed by atoms with Crippen molar-refractivity contribution >= 4 is 34.1 Å². The first-order valence-corrected chi connectivity index (χ1v) is 10.3. The number of benzene rings is 2. The number of fused-ring (bicyclic) bond motifs is 1. The van der Waals surface area contributed by atoms with Crippen molar-refractivity contribution in [1.82, 2.24) is 25.1 Å². The molecule has 0 atom stereocenters. The summed E-state index contributed by atoms with van der Waals surface area (Å²) in [6.07, 6.45) is 1.72. The fraction of sp³-hybridized carbons (Fsp3) is 0.217. The zero-order valence-electron chi connectivity index (χ0n) is 17.2. The number of aromatic amines is 1. The van der Waals surface area contributed by atoms with Crippen molar-refractivity contribution in [2.24, 2.45) is 0 Å². The van der Waals surface area contributed by atoms with E-state index in [1.807, 2.05) is 47.4 Å². The molecule has 0 unspecified atom stereocenters. The number of anilines is 3. The number of hydrogen-bond acceptors (Lipinski definition) is 6. The van der Waals surface area contributed by atoms with Gasteiger partial charge in [-0.3, -0.25) is 9.89 Å². The molecule has 31 heavy (non-hydrogen) atoms. The molecule has 1 amide bonds. The van der Waals surface area contributed by atoms with Gasteiger partial charge >= 0.3 is 0 Å². The first-order valence-electron chi connectivity index (χ1n) is 10.3. The summed E-state index contributed by atoms with van der Waals surface area (Å²) >= 11 is 0. The number of hydrogen-bond donors (Lipinski definition) is 2. The second kappa shape index (κ2) is 8.06. The summed E-state index contributed by atoms with van der Waals surface area (Å²) in [5, 5.41) is 11.4. The molecule has 8 heteroatoms. The van der Waals surface area contributed by atoms with E-state index in [2.05, 4.69) is 32.5 Å². The number of piperazine rings is 1. The van der Waals surface area contributed by atoms with Crippen LogP contribution in [0.4, 0.5) is 17.3 Å². The molecular weight excluding hydrogens is 390 g/mol. The van der Waals surface area contributed by atoms with Crippen LogP contribution in [0.5, 0.6) is 0 Å². The van der Waals surface area contributed by atoms with Crippen molar-refractivity contribution < 1.29 is 4.79 Å². The van der Waals surface area contributed by atoms with E-state index in [4.69, 9.17) is 9.97 Å². The molecule has 1 saturated heterocycles. The van der Waals surface area contributed by atoms with Crippen molar-refractivity contribution in [2.75, 3.05) is 36.4 Å². The lowest BCUT2D eigenvalue weighted by Gasteiger charge is -2.35. The zero-order valence-corrected chi connectivity index (χ0v) is 17.2. The monoisotopic (exact) mass is 413 g/mol. The largest absolute Gasteiger partial charge is 0.368 e. The van der Waals surface area contributed by atoms with Gasteiger partial charge in [-0.1, -0.05) is 24.3 Å². The molecule has 4 aromatic rings. The van der Waals surface area contributed by atoms with Gasteiger partial charge in [-0.2, -0.15) is 5.10 Å². The summed E-state index contributed by atoms with van der Waals surface area (Å²) in [7, 11) is 0. The fourth-order valence-corrected chi connectivity index (χ4v) is 3.91. The molecule has 5 rings (SSSR count). The van der Waals surface area contributed by atoms with Gasteiger partial charge in [0, 0.05) is 56.1 Å².